The van der Waals surface area contributed by atoms with Crippen LogP contribution in [0.15, 0.2) is 12.1 Å². The van der Waals surface area contributed by atoms with Crippen molar-refractivity contribution >= 4 is 11.5 Å². The molecule has 0 aliphatic rings. The Morgan fingerprint density at radius 1 is 1.33 bits per heavy atom. The predicted molar refractivity (Wildman–Crippen MR) is 44.2 cm³/mol. The van der Waals surface area contributed by atoms with Crippen molar-refractivity contribution in [1.82, 2.24) is 0 Å². The number of nitrogens with two attached hydrogens (primary N) is 1. The molecule has 64 valence electrons. The third-order valence-corrected chi connectivity index (χ3v) is 1.55. The summed E-state index contributed by atoms with van der Waals surface area (Å²) in [5.41, 5.74) is 5.24. The summed E-state index contributed by atoms with van der Waals surface area (Å²) < 4.78 is 0. The maximum Gasteiger partial charge on any atom is 0.165 e. The normalized spacial score (nSPS) is 9.75. The monoisotopic (exact) mass is 167 g/mol. The van der Waals surface area contributed by atoms with Gasteiger partial charge in [0.2, 0.25) is 0 Å². The Bertz CT molecular complexity index is 333. The van der Waals surface area contributed by atoms with Gasteiger partial charge in [0.1, 0.15) is 11.5 Å². The molecule has 4 heteroatoms. The van der Waals surface area contributed by atoms with Gasteiger partial charge in [0.05, 0.1) is 11.3 Å². The summed E-state index contributed by atoms with van der Waals surface area (Å²) in [7, 11) is 0. The van der Waals surface area contributed by atoms with E-state index >= 15 is 0 Å². The maximum absolute atomic E-state index is 10.9. The van der Waals surface area contributed by atoms with Crippen LogP contribution in [0.25, 0.3) is 0 Å². The highest BCUT2D eigenvalue weighted by Crippen LogP contribution is 2.31. The van der Waals surface area contributed by atoms with Crippen molar-refractivity contribution in [1.29, 1.82) is 0 Å². The van der Waals surface area contributed by atoms with Crippen LogP contribution in [-0.2, 0) is 0 Å². The maximum atomic E-state index is 10.9. The van der Waals surface area contributed by atoms with Crippen LogP contribution >= 0.6 is 0 Å². The van der Waals surface area contributed by atoms with Crippen LogP contribution < -0.4 is 5.73 Å². The van der Waals surface area contributed by atoms with Gasteiger partial charge in [-0.15, -0.1) is 0 Å². The molecule has 0 fully saturated rings. The van der Waals surface area contributed by atoms with Crippen molar-refractivity contribution in [2.24, 2.45) is 0 Å². The van der Waals surface area contributed by atoms with Crippen molar-refractivity contribution in [3.8, 4) is 11.5 Å². The first kappa shape index (κ1) is 8.39. The zero-order valence-corrected chi connectivity index (χ0v) is 6.53. The van der Waals surface area contributed by atoms with Gasteiger partial charge >= 0.3 is 0 Å². The van der Waals surface area contributed by atoms with E-state index in [1.807, 2.05) is 0 Å². The Hall–Kier alpha value is -1.71. The van der Waals surface area contributed by atoms with E-state index in [2.05, 4.69) is 0 Å². The molecule has 0 radical (unpaired) electrons. The van der Waals surface area contributed by atoms with Crippen LogP contribution in [0.4, 0.5) is 5.69 Å². The first-order chi connectivity index (χ1) is 5.54. The standard InChI is InChI=1S/C8H9NO3/c1-4(10)7-5(11)2-3-6(12)8(7)9/h2-3,11-12H,9H2,1H3. The lowest BCUT2D eigenvalue weighted by atomic mass is 10.1. The summed E-state index contributed by atoms with van der Waals surface area (Å²) in [6.07, 6.45) is 0. The summed E-state index contributed by atoms with van der Waals surface area (Å²) in [5, 5.41) is 18.3. The first-order valence-corrected chi connectivity index (χ1v) is 3.35. The Labute approximate surface area is 69.3 Å². The number of phenolic OH excluding ortho intramolecular Hbond substituents is 2. The number of anilines is 1. The van der Waals surface area contributed by atoms with Gasteiger partial charge in [0.15, 0.2) is 5.78 Å². The molecular weight excluding hydrogens is 158 g/mol. The second-order valence-electron chi connectivity index (χ2n) is 2.45. The molecule has 0 saturated heterocycles. The Balaban J connectivity index is 3.43. The molecule has 0 saturated carbocycles. The highest BCUT2D eigenvalue weighted by molar-refractivity contribution is 6.02. The molecule has 4 N–H and O–H groups in total. The number of rotatable bonds is 1. The summed E-state index contributed by atoms with van der Waals surface area (Å²) in [5.74, 6) is -0.781. The van der Waals surface area contributed by atoms with E-state index in [0.717, 1.165) is 0 Å². The zero-order chi connectivity index (χ0) is 9.30. The van der Waals surface area contributed by atoms with E-state index in [1.54, 1.807) is 0 Å². The minimum Gasteiger partial charge on any atom is -0.507 e. The summed E-state index contributed by atoms with van der Waals surface area (Å²) >= 11 is 0. The van der Waals surface area contributed by atoms with Gasteiger partial charge in [0.25, 0.3) is 0 Å². The summed E-state index contributed by atoms with van der Waals surface area (Å²) in [6.45, 7) is 1.27. The average Bonchev–Trinajstić information content (AvgIpc) is 1.97. The number of hydrogen-bond acceptors (Lipinski definition) is 4. The van der Waals surface area contributed by atoms with Gasteiger partial charge in [-0.05, 0) is 19.1 Å². The molecule has 0 amide bonds. The number of Topliss-reactive ketones (excluding diaryl/α,β-unsaturated/α-hetero) is 1. The van der Waals surface area contributed by atoms with Crippen molar-refractivity contribution in [2.45, 2.75) is 6.92 Å². The van der Waals surface area contributed by atoms with Crippen LogP contribution in [0, 0.1) is 0 Å². The molecular formula is C8H9NO3. The van der Waals surface area contributed by atoms with Crippen molar-refractivity contribution in [3.63, 3.8) is 0 Å². The summed E-state index contributed by atoms with van der Waals surface area (Å²) in [6, 6.07) is 2.46. The molecule has 1 aromatic rings. The van der Waals surface area contributed by atoms with Gasteiger partial charge < -0.3 is 15.9 Å². The van der Waals surface area contributed by atoms with Crippen LogP contribution in [0.5, 0.6) is 11.5 Å². The molecule has 0 bridgehead atoms. The molecule has 1 rings (SSSR count). The number of aromatic hydroxyl groups is 2. The topological polar surface area (TPSA) is 83.5 Å². The number of carbonyl (C=O) groups is 1. The molecule has 0 unspecified atom stereocenters. The second-order valence-corrected chi connectivity index (χ2v) is 2.45. The molecule has 4 nitrogen and oxygen atoms in total. The fourth-order valence-electron chi connectivity index (χ4n) is 0.967. The lowest BCUT2D eigenvalue weighted by molar-refractivity contribution is 0.101. The fraction of sp³-hybridized carbons (Fsp3) is 0.125. The van der Waals surface area contributed by atoms with E-state index in [4.69, 9.17) is 10.8 Å². The van der Waals surface area contributed by atoms with Gasteiger partial charge in [-0.1, -0.05) is 0 Å². The van der Waals surface area contributed by atoms with Gasteiger partial charge in [0, 0.05) is 0 Å². The number of hydrogen-bond donors (Lipinski definition) is 3. The summed E-state index contributed by atoms with van der Waals surface area (Å²) in [4.78, 5) is 10.9. The Kier molecular flexibility index (Phi) is 1.91. The quantitative estimate of drug-likeness (QED) is 0.251. The lowest BCUT2D eigenvalue weighted by Crippen LogP contribution is -1.99. The molecule has 0 aliphatic carbocycles. The van der Waals surface area contributed by atoms with E-state index in [9.17, 15) is 9.90 Å². The first-order valence-electron chi connectivity index (χ1n) is 3.35. The van der Waals surface area contributed by atoms with Crippen molar-refractivity contribution in [3.05, 3.63) is 17.7 Å². The fourth-order valence-corrected chi connectivity index (χ4v) is 0.967. The number of nitrogen functional groups attached to an aromatic ring is 1. The predicted octanol–water partition coefficient (Wildman–Crippen LogP) is 0.883. The smallest absolute Gasteiger partial charge is 0.165 e. The Morgan fingerprint density at radius 3 is 2.25 bits per heavy atom. The molecule has 1 aromatic carbocycles. The van der Waals surface area contributed by atoms with Crippen LogP contribution in [0.1, 0.15) is 17.3 Å². The van der Waals surface area contributed by atoms with E-state index in [1.165, 1.54) is 19.1 Å². The minimum atomic E-state index is -0.374. The molecule has 0 atom stereocenters. The zero-order valence-electron chi connectivity index (χ0n) is 6.53. The number of phenols is 2. The number of benzene rings is 1. The van der Waals surface area contributed by atoms with E-state index < -0.39 is 0 Å². The van der Waals surface area contributed by atoms with Crippen molar-refractivity contribution < 1.29 is 15.0 Å². The van der Waals surface area contributed by atoms with Crippen LogP contribution in [0.3, 0.4) is 0 Å². The number of ketones is 1. The SMILES string of the molecule is CC(=O)c1c(O)ccc(O)c1N. The largest absolute Gasteiger partial charge is 0.507 e. The number of carbonyl (C=O) groups excluding carboxylic acids is 1. The third-order valence-electron chi connectivity index (χ3n) is 1.55. The second kappa shape index (κ2) is 2.73. The lowest BCUT2D eigenvalue weighted by Gasteiger charge is -2.05. The van der Waals surface area contributed by atoms with Gasteiger partial charge in [-0.2, -0.15) is 0 Å². The van der Waals surface area contributed by atoms with Crippen LogP contribution in [-0.4, -0.2) is 16.0 Å². The van der Waals surface area contributed by atoms with E-state index in [0.29, 0.717) is 0 Å². The average molecular weight is 167 g/mol. The highest BCUT2D eigenvalue weighted by atomic mass is 16.3. The van der Waals surface area contributed by atoms with Crippen molar-refractivity contribution in [2.75, 3.05) is 5.73 Å². The third kappa shape index (κ3) is 1.18. The van der Waals surface area contributed by atoms with Crippen LogP contribution in [0.2, 0.25) is 0 Å². The van der Waals surface area contributed by atoms with Gasteiger partial charge in [-0.25, -0.2) is 0 Å². The molecule has 0 aromatic heterocycles. The molecule has 0 heterocycles. The molecule has 12 heavy (non-hydrogen) atoms. The minimum absolute atomic E-state index is 0.0324. The Morgan fingerprint density at radius 2 is 1.83 bits per heavy atom. The van der Waals surface area contributed by atoms with Gasteiger partial charge in [-0.3, -0.25) is 4.79 Å². The molecule has 0 aliphatic heterocycles. The highest BCUT2D eigenvalue weighted by Gasteiger charge is 2.13. The van der Waals surface area contributed by atoms with E-state index in [-0.39, 0.29) is 28.5 Å². The molecule has 0 spiro atoms.